The number of benzene rings is 1. The smallest absolute Gasteiger partial charge is 0.226 e. The second-order valence-corrected chi connectivity index (χ2v) is 6.03. The fraction of sp³-hybridized carbons (Fsp3) is 0.353. The second kappa shape index (κ2) is 7.05. The second-order valence-electron chi connectivity index (χ2n) is 5.69. The standard InChI is InChI=1S/C17H21ClN6/c1-3-12(4-2)24-10-21-14-15(22-17(18)23-16(14)24)20-9-11-7-5-6-8-13(11)19/h5-8,10,12H,3-4,9,19H2,1-2H3,(H,20,22,23). The van der Waals surface area contributed by atoms with Gasteiger partial charge in [0.2, 0.25) is 5.28 Å². The molecule has 0 radical (unpaired) electrons. The quantitative estimate of drug-likeness (QED) is 0.521. The van der Waals surface area contributed by atoms with Gasteiger partial charge in [-0.25, -0.2) is 4.98 Å². The largest absolute Gasteiger partial charge is 0.398 e. The molecule has 0 saturated carbocycles. The van der Waals surface area contributed by atoms with Crippen molar-refractivity contribution in [1.29, 1.82) is 0 Å². The molecule has 0 saturated heterocycles. The molecule has 126 valence electrons. The molecule has 0 aliphatic carbocycles. The zero-order valence-electron chi connectivity index (χ0n) is 13.8. The van der Waals surface area contributed by atoms with Crippen LogP contribution in [0.15, 0.2) is 30.6 Å². The lowest BCUT2D eigenvalue weighted by molar-refractivity contribution is 0.480. The van der Waals surface area contributed by atoms with Crippen LogP contribution in [-0.2, 0) is 6.54 Å². The molecule has 6 nitrogen and oxygen atoms in total. The topological polar surface area (TPSA) is 81.7 Å². The van der Waals surface area contributed by atoms with Crippen LogP contribution in [0.25, 0.3) is 11.2 Å². The van der Waals surface area contributed by atoms with Gasteiger partial charge in [-0.2, -0.15) is 9.97 Å². The van der Waals surface area contributed by atoms with Gasteiger partial charge in [0, 0.05) is 18.3 Å². The van der Waals surface area contributed by atoms with Gasteiger partial charge >= 0.3 is 0 Å². The van der Waals surface area contributed by atoms with Gasteiger partial charge < -0.3 is 15.6 Å². The number of nitrogens with zero attached hydrogens (tertiary/aromatic N) is 4. The highest BCUT2D eigenvalue weighted by atomic mass is 35.5. The predicted molar refractivity (Wildman–Crippen MR) is 98.1 cm³/mol. The predicted octanol–water partition coefficient (Wildman–Crippen LogP) is 4.04. The first-order valence-corrected chi connectivity index (χ1v) is 8.49. The molecule has 0 amide bonds. The Bertz CT molecular complexity index is 840. The lowest BCUT2D eigenvalue weighted by Crippen LogP contribution is -2.08. The van der Waals surface area contributed by atoms with Crippen molar-refractivity contribution in [3.63, 3.8) is 0 Å². The third-order valence-corrected chi connectivity index (χ3v) is 4.40. The fourth-order valence-electron chi connectivity index (χ4n) is 2.84. The molecule has 0 atom stereocenters. The number of anilines is 2. The lowest BCUT2D eigenvalue weighted by atomic mass is 10.2. The maximum atomic E-state index is 6.13. The Morgan fingerprint density at radius 2 is 1.96 bits per heavy atom. The van der Waals surface area contributed by atoms with Crippen LogP contribution in [0.5, 0.6) is 0 Å². The van der Waals surface area contributed by atoms with E-state index in [1.54, 1.807) is 0 Å². The summed E-state index contributed by atoms with van der Waals surface area (Å²) in [7, 11) is 0. The fourth-order valence-corrected chi connectivity index (χ4v) is 3.00. The Morgan fingerprint density at radius 1 is 1.21 bits per heavy atom. The summed E-state index contributed by atoms with van der Waals surface area (Å²) in [6, 6.07) is 8.07. The van der Waals surface area contributed by atoms with Gasteiger partial charge in [0.05, 0.1) is 6.33 Å². The number of nitrogen functional groups attached to an aromatic ring is 1. The van der Waals surface area contributed by atoms with E-state index in [1.165, 1.54) is 0 Å². The van der Waals surface area contributed by atoms with E-state index in [0.29, 0.717) is 18.4 Å². The number of imidazole rings is 1. The molecule has 0 unspecified atom stereocenters. The number of aromatic nitrogens is 4. The summed E-state index contributed by atoms with van der Waals surface area (Å²) in [6.07, 6.45) is 3.83. The van der Waals surface area contributed by atoms with Crippen LogP contribution < -0.4 is 11.1 Å². The summed E-state index contributed by atoms with van der Waals surface area (Å²) in [6.45, 7) is 4.85. The SMILES string of the molecule is CCC(CC)n1cnc2c(NCc3ccccc3N)nc(Cl)nc21. The maximum absolute atomic E-state index is 6.13. The first kappa shape index (κ1) is 16.5. The van der Waals surface area contributed by atoms with Gasteiger partial charge in [-0.05, 0) is 36.1 Å². The minimum absolute atomic E-state index is 0.207. The molecule has 1 aromatic carbocycles. The van der Waals surface area contributed by atoms with E-state index in [-0.39, 0.29) is 5.28 Å². The van der Waals surface area contributed by atoms with Gasteiger partial charge in [-0.15, -0.1) is 0 Å². The molecule has 2 aromatic heterocycles. The molecule has 3 N–H and O–H groups in total. The van der Waals surface area contributed by atoms with E-state index in [9.17, 15) is 0 Å². The summed E-state index contributed by atoms with van der Waals surface area (Å²) in [4.78, 5) is 13.2. The van der Waals surface area contributed by atoms with Gasteiger partial charge in [0.25, 0.3) is 0 Å². The van der Waals surface area contributed by atoms with Crippen LogP contribution in [0.3, 0.4) is 0 Å². The zero-order chi connectivity index (χ0) is 17.1. The lowest BCUT2D eigenvalue weighted by Gasteiger charge is -2.15. The van der Waals surface area contributed by atoms with E-state index >= 15 is 0 Å². The highest BCUT2D eigenvalue weighted by Gasteiger charge is 2.16. The highest BCUT2D eigenvalue weighted by molar-refractivity contribution is 6.28. The minimum atomic E-state index is 0.207. The van der Waals surface area contributed by atoms with E-state index < -0.39 is 0 Å². The van der Waals surface area contributed by atoms with Crippen molar-refractivity contribution >= 4 is 34.3 Å². The molecule has 0 spiro atoms. The van der Waals surface area contributed by atoms with E-state index in [4.69, 9.17) is 17.3 Å². The molecular weight excluding hydrogens is 324 g/mol. The Balaban J connectivity index is 1.95. The summed E-state index contributed by atoms with van der Waals surface area (Å²) < 4.78 is 2.07. The summed E-state index contributed by atoms with van der Waals surface area (Å²) in [5.41, 5.74) is 9.21. The van der Waals surface area contributed by atoms with Crippen molar-refractivity contribution in [3.8, 4) is 0 Å². The van der Waals surface area contributed by atoms with Crippen molar-refractivity contribution in [1.82, 2.24) is 19.5 Å². The minimum Gasteiger partial charge on any atom is -0.398 e. The number of para-hydroxylation sites is 1. The molecule has 3 aromatic rings. The zero-order valence-corrected chi connectivity index (χ0v) is 14.6. The summed E-state index contributed by atoms with van der Waals surface area (Å²) in [5.74, 6) is 0.623. The average molecular weight is 345 g/mol. The molecular formula is C17H21ClN6. The molecule has 0 fully saturated rings. The average Bonchev–Trinajstić information content (AvgIpc) is 2.99. The van der Waals surface area contributed by atoms with E-state index in [1.807, 2.05) is 30.6 Å². The maximum Gasteiger partial charge on any atom is 0.226 e. The summed E-state index contributed by atoms with van der Waals surface area (Å²) in [5, 5.41) is 3.49. The van der Waals surface area contributed by atoms with Crippen molar-refractivity contribution < 1.29 is 0 Å². The number of fused-ring (bicyclic) bond motifs is 1. The molecule has 24 heavy (non-hydrogen) atoms. The molecule has 0 aliphatic rings. The molecule has 7 heteroatoms. The van der Waals surface area contributed by atoms with Crippen molar-refractivity contribution in [2.24, 2.45) is 0 Å². The number of nitrogens with two attached hydrogens (primary N) is 1. The van der Waals surface area contributed by atoms with Crippen LogP contribution in [0.1, 0.15) is 38.3 Å². The Hall–Kier alpha value is -2.34. The van der Waals surface area contributed by atoms with Gasteiger partial charge in [-0.3, -0.25) is 0 Å². The van der Waals surface area contributed by atoms with Gasteiger partial charge in [0.1, 0.15) is 0 Å². The van der Waals surface area contributed by atoms with E-state index in [2.05, 4.69) is 38.7 Å². The van der Waals surface area contributed by atoms with E-state index in [0.717, 1.165) is 35.3 Å². The van der Waals surface area contributed by atoms with Crippen LogP contribution in [0.2, 0.25) is 5.28 Å². The number of nitrogens with one attached hydrogen (secondary N) is 1. The monoisotopic (exact) mass is 344 g/mol. The number of hydrogen-bond donors (Lipinski definition) is 2. The van der Waals surface area contributed by atoms with Crippen LogP contribution in [0.4, 0.5) is 11.5 Å². The van der Waals surface area contributed by atoms with Crippen molar-refractivity contribution in [2.45, 2.75) is 39.3 Å². The van der Waals surface area contributed by atoms with Crippen LogP contribution in [-0.4, -0.2) is 19.5 Å². The molecule has 0 bridgehead atoms. The first-order valence-electron chi connectivity index (χ1n) is 8.11. The molecule has 3 rings (SSSR count). The van der Waals surface area contributed by atoms with Gasteiger partial charge in [0.15, 0.2) is 17.0 Å². The first-order chi connectivity index (χ1) is 11.6. The third-order valence-electron chi connectivity index (χ3n) is 4.23. The van der Waals surface area contributed by atoms with Crippen LogP contribution >= 0.6 is 11.6 Å². The number of rotatable bonds is 6. The summed E-state index contributed by atoms with van der Waals surface area (Å²) >= 11 is 6.13. The Kier molecular flexibility index (Phi) is 4.85. The third kappa shape index (κ3) is 3.14. The number of hydrogen-bond acceptors (Lipinski definition) is 5. The van der Waals surface area contributed by atoms with Gasteiger partial charge in [-0.1, -0.05) is 32.0 Å². The van der Waals surface area contributed by atoms with Crippen molar-refractivity contribution in [2.75, 3.05) is 11.1 Å². The van der Waals surface area contributed by atoms with Crippen LogP contribution in [0, 0.1) is 0 Å². The number of halogens is 1. The Morgan fingerprint density at radius 3 is 2.67 bits per heavy atom. The molecule has 2 heterocycles. The Labute approximate surface area is 146 Å². The van der Waals surface area contributed by atoms with Crippen molar-refractivity contribution in [3.05, 3.63) is 41.4 Å². The molecule has 0 aliphatic heterocycles. The highest BCUT2D eigenvalue weighted by Crippen LogP contribution is 2.26. The normalized spacial score (nSPS) is 11.3.